The third kappa shape index (κ3) is 6.97. The van der Waals surface area contributed by atoms with Gasteiger partial charge in [-0.15, -0.1) is 10.2 Å². The predicted molar refractivity (Wildman–Crippen MR) is 134 cm³/mol. The lowest BCUT2D eigenvalue weighted by Crippen LogP contribution is -2.22. The quantitative estimate of drug-likeness (QED) is 0.208. The van der Waals surface area contributed by atoms with Gasteiger partial charge in [-0.25, -0.2) is 0 Å². The van der Waals surface area contributed by atoms with Crippen LogP contribution in [0.2, 0.25) is 0 Å². The number of para-hydroxylation sites is 1. The van der Waals surface area contributed by atoms with Crippen LogP contribution in [0.3, 0.4) is 0 Å². The number of aromatic nitrogens is 3. The second-order valence-corrected chi connectivity index (χ2v) is 9.22. The highest BCUT2D eigenvalue weighted by molar-refractivity contribution is 7.99. The van der Waals surface area contributed by atoms with E-state index in [4.69, 9.17) is 0 Å². The van der Waals surface area contributed by atoms with Crippen molar-refractivity contribution >= 4 is 17.7 Å². The van der Waals surface area contributed by atoms with Crippen molar-refractivity contribution in [3.05, 3.63) is 107 Å². The van der Waals surface area contributed by atoms with E-state index in [1.54, 1.807) is 6.07 Å². The number of carbonyl (C=O) groups is 1. The first-order valence-electron chi connectivity index (χ1n) is 11.5. The molecule has 0 aliphatic carbocycles. The molecule has 0 bridgehead atoms. The zero-order valence-corrected chi connectivity index (χ0v) is 20.2. The number of alkyl halides is 3. The van der Waals surface area contributed by atoms with Crippen molar-refractivity contribution in [3.8, 4) is 5.69 Å². The van der Waals surface area contributed by atoms with E-state index in [1.807, 2.05) is 53.1 Å². The largest absolute Gasteiger partial charge is 0.416 e. The Balaban J connectivity index is 1.32. The summed E-state index contributed by atoms with van der Waals surface area (Å²) in [6, 6.07) is 24.9. The molecule has 1 heterocycles. The van der Waals surface area contributed by atoms with Crippen molar-refractivity contribution in [1.29, 1.82) is 0 Å². The molecule has 9 heteroatoms. The smallest absolute Gasteiger partial charge is 0.352 e. The Bertz CT molecular complexity index is 1280. The van der Waals surface area contributed by atoms with Crippen LogP contribution in [-0.2, 0) is 23.9 Å². The van der Waals surface area contributed by atoms with Gasteiger partial charge in [0.15, 0.2) is 5.16 Å². The standard InChI is InChI=1S/C27H25F3N4OS/c28-27(29,30)22-12-7-11-21(17-22)19-31-25(35)15-8-16-36-26-33-32-24(18-20-9-3-1-4-10-20)34(26)23-13-5-2-6-14-23/h1-7,9-14,17H,8,15-16,18-19H2,(H,31,35). The molecule has 1 aromatic heterocycles. The van der Waals surface area contributed by atoms with Gasteiger partial charge in [0.25, 0.3) is 0 Å². The molecule has 5 nitrogen and oxygen atoms in total. The van der Waals surface area contributed by atoms with E-state index in [0.717, 1.165) is 34.4 Å². The number of thioether (sulfide) groups is 1. The molecule has 36 heavy (non-hydrogen) atoms. The minimum Gasteiger partial charge on any atom is -0.352 e. The lowest BCUT2D eigenvalue weighted by atomic mass is 10.1. The van der Waals surface area contributed by atoms with E-state index < -0.39 is 11.7 Å². The van der Waals surface area contributed by atoms with Crippen molar-refractivity contribution in [2.24, 2.45) is 0 Å². The van der Waals surface area contributed by atoms with E-state index in [2.05, 4.69) is 27.6 Å². The van der Waals surface area contributed by atoms with Crippen LogP contribution in [0.1, 0.15) is 35.4 Å². The maximum atomic E-state index is 12.9. The molecule has 0 radical (unpaired) electrons. The minimum atomic E-state index is -4.40. The highest BCUT2D eigenvalue weighted by atomic mass is 32.2. The van der Waals surface area contributed by atoms with Crippen LogP contribution in [-0.4, -0.2) is 26.4 Å². The van der Waals surface area contributed by atoms with Crippen LogP contribution in [0.5, 0.6) is 0 Å². The Morgan fingerprint density at radius 3 is 2.31 bits per heavy atom. The van der Waals surface area contributed by atoms with E-state index >= 15 is 0 Å². The fourth-order valence-corrected chi connectivity index (χ4v) is 4.58. The van der Waals surface area contributed by atoms with Gasteiger partial charge >= 0.3 is 6.18 Å². The van der Waals surface area contributed by atoms with Gasteiger partial charge in [-0.05, 0) is 41.8 Å². The fraction of sp³-hybridized carbons (Fsp3) is 0.222. The summed E-state index contributed by atoms with van der Waals surface area (Å²) in [5, 5.41) is 12.3. The SMILES string of the molecule is O=C(CCCSc1nnc(Cc2ccccc2)n1-c1ccccc1)NCc1cccc(C(F)(F)F)c1. The summed E-state index contributed by atoms with van der Waals surface area (Å²) in [4.78, 5) is 12.2. The van der Waals surface area contributed by atoms with Gasteiger partial charge in [-0.1, -0.05) is 72.4 Å². The summed E-state index contributed by atoms with van der Waals surface area (Å²) >= 11 is 1.52. The van der Waals surface area contributed by atoms with Crippen LogP contribution in [0, 0.1) is 0 Å². The predicted octanol–water partition coefficient (Wildman–Crippen LogP) is 6.07. The molecule has 1 amide bonds. The van der Waals surface area contributed by atoms with E-state index in [0.29, 0.717) is 24.2 Å². The van der Waals surface area contributed by atoms with Crippen LogP contribution < -0.4 is 5.32 Å². The summed E-state index contributed by atoms with van der Waals surface area (Å²) in [7, 11) is 0. The number of hydrogen-bond acceptors (Lipinski definition) is 4. The average Bonchev–Trinajstić information content (AvgIpc) is 3.28. The molecule has 0 aliphatic heterocycles. The third-order valence-electron chi connectivity index (χ3n) is 5.44. The Kier molecular flexibility index (Phi) is 8.43. The Morgan fingerprint density at radius 1 is 0.889 bits per heavy atom. The van der Waals surface area contributed by atoms with Crippen molar-refractivity contribution < 1.29 is 18.0 Å². The zero-order valence-electron chi connectivity index (χ0n) is 19.4. The first-order chi connectivity index (χ1) is 17.4. The molecule has 3 aromatic carbocycles. The van der Waals surface area contributed by atoms with Crippen molar-refractivity contribution in [2.45, 2.75) is 37.1 Å². The van der Waals surface area contributed by atoms with Gasteiger partial charge in [0.2, 0.25) is 5.91 Å². The van der Waals surface area contributed by atoms with Gasteiger partial charge in [0, 0.05) is 30.8 Å². The highest BCUT2D eigenvalue weighted by Crippen LogP contribution is 2.29. The topological polar surface area (TPSA) is 59.8 Å². The highest BCUT2D eigenvalue weighted by Gasteiger charge is 2.30. The Hall–Kier alpha value is -3.59. The number of nitrogens with one attached hydrogen (secondary N) is 1. The molecule has 0 aliphatic rings. The van der Waals surface area contributed by atoms with E-state index in [9.17, 15) is 18.0 Å². The van der Waals surface area contributed by atoms with Gasteiger partial charge in [0.05, 0.1) is 5.56 Å². The minimum absolute atomic E-state index is 0.0566. The van der Waals surface area contributed by atoms with E-state index in [1.165, 1.54) is 17.8 Å². The number of halogens is 3. The number of rotatable bonds is 10. The third-order valence-corrected chi connectivity index (χ3v) is 6.46. The Morgan fingerprint density at radius 2 is 1.58 bits per heavy atom. The molecule has 186 valence electrons. The lowest BCUT2D eigenvalue weighted by Gasteiger charge is -2.11. The first kappa shape index (κ1) is 25.5. The first-order valence-corrected chi connectivity index (χ1v) is 12.5. The number of benzene rings is 3. The van der Waals surface area contributed by atoms with Crippen molar-refractivity contribution in [1.82, 2.24) is 20.1 Å². The number of hydrogen-bond donors (Lipinski definition) is 1. The number of amides is 1. The fourth-order valence-electron chi connectivity index (χ4n) is 3.67. The summed E-state index contributed by atoms with van der Waals surface area (Å²) in [5.74, 6) is 1.27. The van der Waals surface area contributed by atoms with Crippen LogP contribution in [0.15, 0.2) is 90.1 Å². The second kappa shape index (κ2) is 11.9. The summed E-state index contributed by atoms with van der Waals surface area (Å²) < 4.78 is 40.6. The molecule has 0 saturated carbocycles. The summed E-state index contributed by atoms with van der Waals surface area (Å²) in [6.45, 7) is 0.0566. The molecule has 0 fully saturated rings. The monoisotopic (exact) mass is 510 g/mol. The molecular weight excluding hydrogens is 485 g/mol. The lowest BCUT2D eigenvalue weighted by molar-refractivity contribution is -0.137. The zero-order chi connectivity index (χ0) is 25.4. The van der Waals surface area contributed by atoms with Crippen LogP contribution in [0.4, 0.5) is 13.2 Å². The maximum absolute atomic E-state index is 12.9. The second-order valence-electron chi connectivity index (χ2n) is 8.16. The molecule has 4 rings (SSSR count). The van der Waals surface area contributed by atoms with Gasteiger partial charge in [-0.2, -0.15) is 13.2 Å². The molecule has 0 unspecified atom stereocenters. The molecule has 1 N–H and O–H groups in total. The molecule has 4 aromatic rings. The number of nitrogens with zero attached hydrogens (tertiary/aromatic N) is 3. The average molecular weight is 511 g/mol. The molecular formula is C27H25F3N4OS. The van der Waals surface area contributed by atoms with Gasteiger partial charge < -0.3 is 5.32 Å². The van der Waals surface area contributed by atoms with Gasteiger partial charge in [-0.3, -0.25) is 9.36 Å². The Labute approximate surface area is 211 Å². The van der Waals surface area contributed by atoms with Gasteiger partial charge in [0.1, 0.15) is 5.82 Å². The van der Waals surface area contributed by atoms with Crippen LogP contribution in [0.25, 0.3) is 5.69 Å². The molecule has 0 atom stereocenters. The van der Waals surface area contributed by atoms with Crippen LogP contribution >= 0.6 is 11.8 Å². The summed E-state index contributed by atoms with van der Waals surface area (Å²) in [6.07, 6.45) is -2.91. The van der Waals surface area contributed by atoms with Crippen molar-refractivity contribution in [2.75, 3.05) is 5.75 Å². The normalized spacial score (nSPS) is 11.4. The molecule has 0 spiro atoms. The maximum Gasteiger partial charge on any atom is 0.416 e. The number of carbonyl (C=O) groups excluding carboxylic acids is 1. The van der Waals surface area contributed by atoms with E-state index in [-0.39, 0.29) is 18.9 Å². The molecule has 0 saturated heterocycles. The van der Waals surface area contributed by atoms with Crippen molar-refractivity contribution in [3.63, 3.8) is 0 Å². The summed E-state index contributed by atoms with van der Waals surface area (Å²) in [5.41, 5.74) is 1.79.